The monoisotopic (exact) mass is 370 g/mol. The van der Waals surface area contributed by atoms with E-state index < -0.39 is 23.5 Å². The molecule has 1 unspecified atom stereocenters. The molecule has 0 nitrogen and oxygen atoms in total. The van der Waals surface area contributed by atoms with E-state index in [9.17, 15) is 26.3 Å². The molecule has 0 N–H and O–H groups in total. The molecular formula is C20H16F6. The first-order valence-corrected chi connectivity index (χ1v) is 8.13. The van der Waals surface area contributed by atoms with Crippen molar-refractivity contribution in [3.05, 3.63) is 75.9 Å². The van der Waals surface area contributed by atoms with Gasteiger partial charge in [-0.05, 0) is 47.7 Å². The molecule has 0 saturated heterocycles. The Kier molecular flexibility index (Phi) is 4.63. The van der Waals surface area contributed by atoms with Crippen molar-refractivity contribution in [2.45, 2.75) is 38.0 Å². The van der Waals surface area contributed by atoms with Crippen molar-refractivity contribution in [3.63, 3.8) is 0 Å². The topological polar surface area (TPSA) is 0 Å². The van der Waals surface area contributed by atoms with Crippen molar-refractivity contribution < 1.29 is 26.3 Å². The second-order valence-corrected chi connectivity index (χ2v) is 6.48. The number of halogens is 6. The Morgan fingerprint density at radius 1 is 0.808 bits per heavy atom. The molecule has 1 aliphatic rings. The van der Waals surface area contributed by atoms with E-state index in [1.54, 1.807) is 0 Å². The number of alkyl halides is 6. The summed E-state index contributed by atoms with van der Waals surface area (Å²) in [6, 6.07) is 9.52. The summed E-state index contributed by atoms with van der Waals surface area (Å²) < 4.78 is 77.6. The van der Waals surface area contributed by atoms with E-state index in [0.29, 0.717) is 6.42 Å². The first kappa shape index (κ1) is 18.5. The molecule has 0 fully saturated rings. The predicted octanol–water partition coefficient (Wildman–Crippen LogP) is 6.86. The summed E-state index contributed by atoms with van der Waals surface area (Å²) in [6.07, 6.45) is -7.12. The van der Waals surface area contributed by atoms with E-state index in [0.717, 1.165) is 28.8 Å². The lowest BCUT2D eigenvalue weighted by atomic mass is 9.93. The van der Waals surface area contributed by atoms with Gasteiger partial charge in [0.15, 0.2) is 0 Å². The molecule has 0 amide bonds. The molecule has 26 heavy (non-hydrogen) atoms. The number of hydrogen-bond donors (Lipinski definition) is 0. The summed E-state index contributed by atoms with van der Waals surface area (Å²) in [5.74, 6) is 0.110. The Morgan fingerprint density at radius 2 is 1.38 bits per heavy atom. The third-order valence-electron chi connectivity index (χ3n) is 4.71. The lowest BCUT2D eigenvalue weighted by Gasteiger charge is -2.15. The van der Waals surface area contributed by atoms with Gasteiger partial charge < -0.3 is 0 Å². The van der Waals surface area contributed by atoms with Gasteiger partial charge in [-0.15, -0.1) is 0 Å². The average Bonchev–Trinajstić information content (AvgIpc) is 2.88. The number of allylic oxidation sites excluding steroid dienone is 1. The standard InChI is InChI=1S/C20H16F6/c1-12-14(10-15-4-2-3-5-18(12)15)7-6-13-8-16(19(21,22)23)11-17(9-13)20(24,25)26/h2-5,8-12H,6-7H2,1H3. The number of aryl methyl sites for hydroxylation is 1. The molecule has 0 aromatic heterocycles. The van der Waals surface area contributed by atoms with Gasteiger partial charge in [0.1, 0.15) is 0 Å². The van der Waals surface area contributed by atoms with Crippen LogP contribution in [0.3, 0.4) is 0 Å². The zero-order valence-electron chi connectivity index (χ0n) is 13.9. The van der Waals surface area contributed by atoms with Crippen LogP contribution in [0.4, 0.5) is 26.3 Å². The van der Waals surface area contributed by atoms with E-state index in [1.165, 1.54) is 0 Å². The second kappa shape index (κ2) is 6.49. The third-order valence-corrected chi connectivity index (χ3v) is 4.71. The Balaban J connectivity index is 1.85. The summed E-state index contributed by atoms with van der Waals surface area (Å²) in [5.41, 5.74) is 0.698. The zero-order valence-corrected chi connectivity index (χ0v) is 13.9. The van der Waals surface area contributed by atoms with Gasteiger partial charge in [-0.3, -0.25) is 0 Å². The van der Waals surface area contributed by atoms with Crippen molar-refractivity contribution >= 4 is 6.08 Å². The predicted molar refractivity (Wildman–Crippen MR) is 87.6 cm³/mol. The Hall–Kier alpha value is -2.24. The van der Waals surface area contributed by atoms with Crippen molar-refractivity contribution in [3.8, 4) is 0 Å². The lowest BCUT2D eigenvalue weighted by Crippen LogP contribution is -2.12. The van der Waals surface area contributed by atoms with E-state index >= 15 is 0 Å². The molecule has 1 aliphatic carbocycles. The van der Waals surface area contributed by atoms with Crippen LogP contribution >= 0.6 is 0 Å². The van der Waals surface area contributed by atoms with Crippen molar-refractivity contribution in [2.75, 3.05) is 0 Å². The van der Waals surface area contributed by atoms with E-state index in [4.69, 9.17) is 0 Å². The molecule has 0 radical (unpaired) electrons. The van der Waals surface area contributed by atoms with Crippen LogP contribution < -0.4 is 0 Å². The molecule has 138 valence electrons. The molecule has 1 atom stereocenters. The second-order valence-electron chi connectivity index (χ2n) is 6.48. The molecular weight excluding hydrogens is 354 g/mol. The number of fused-ring (bicyclic) bond motifs is 1. The van der Waals surface area contributed by atoms with Crippen LogP contribution in [0.25, 0.3) is 6.08 Å². The molecule has 6 heteroatoms. The van der Waals surface area contributed by atoms with Gasteiger partial charge in [0.2, 0.25) is 0 Å². The minimum Gasteiger partial charge on any atom is -0.166 e. The highest BCUT2D eigenvalue weighted by Crippen LogP contribution is 2.39. The van der Waals surface area contributed by atoms with Crippen LogP contribution in [0, 0.1) is 0 Å². The maximum atomic E-state index is 12.9. The van der Waals surface area contributed by atoms with E-state index in [-0.39, 0.29) is 24.0 Å². The Labute approximate surface area is 147 Å². The lowest BCUT2D eigenvalue weighted by molar-refractivity contribution is -0.143. The maximum Gasteiger partial charge on any atom is 0.416 e. The highest BCUT2D eigenvalue weighted by Gasteiger charge is 2.36. The fourth-order valence-electron chi connectivity index (χ4n) is 3.30. The van der Waals surface area contributed by atoms with E-state index in [2.05, 4.69) is 0 Å². The third kappa shape index (κ3) is 3.79. The van der Waals surface area contributed by atoms with Gasteiger partial charge in [0.25, 0.3) is 0 Å². The number of hydrogen-bond acceptors (Lipinski definition) is 0. The van der Waals surface area contributed by atoms with Crippen LogP contribution in [-0.2, 0) is 18.8 Å². The van der Waals surface area contributed by atoms with Gasteiger partial charge in [-0.2, -0.15) is 26.3 Å². The molecule has 0 bridgehead atoms. The van der Waals surface area contributed by atoms with Crippen molar-refractivity contribution in [2.24, 2.45) is 0 Å². The molecule has 0 heterocycles. The fourth-order valence-corrected chi connectivity index (χ4v) is 3.30. The Morgan fingerprint density at radius 3 is 1.92 bits per heavy atom. The van der Waals surface area contributed by atoms with Crippen LogP contribution in [0.15, 0.2) is 48.0 Å². The summed E-state index contributed by atoms with van der Waals surface area (Å²) in [5, 5.41) is 0. The van der Waals surface area contributed by atoms with Crippen LogP contribution in [0.5, 0.6) is 0 Å². The molecule has 2 aromatic rings. The van der Waals surface area contributed by atoms with Gasteiger partial charge in [-0.25, -0.2) is 0 Å². The average molecular weight is 370 g/mol. The van der Waals surface area contributed by atoms with Crippen LogP contribution in [-0.4, -0.2) is 0 Å². The van der Waals surface area contributed by atoms with Gasteiger partial charge >= 0.3 is 12.4 Å². The number of rotatable bonds is 3. The molecule has 3 rings (SSSR count). The summed E-state index contributed by atoms with van der Waals surface area (Å²) in [7, 11) is 0. The molecule has 0 saturated carbocycles. The zero-order chi connectivity index (χ0) is 19.1. The largest absolute Gasteiger partial charge is 0.416 e. The first-order chi connectivity index (χ1) is 12.1. The van der Waals surface area contributed by atoms with Crippen LogP contribution in [0.2, 0.25) is 0 Å². The maximum absolute atomic E-state index is 12.9. The highest BCUT2D eigenvalue weighted by atomic mass is 19.4. The van der Waals surface area contributed by atoms with Gasteiger partial charge in [0, 0.05) is 5.92 Å². The molecule has 0 aliphatic heterocycles. The van der Waals surface area contributed by atoms with Gasteiger partial charge in [-0.1, -0.05) is 42.8 Å². The normalized spacial score (nSPS) is 17.2. The Bertz CT molecular complexity index is 810. The van der Waals surface area contributed by atoms with E-state index in [1.807, 2.05) is 37.3 Å². The molecule has 0 spiro atoms. The highest BCUT2D eigenvalue weighted by molar-refractivity contribution is 5.66. The number of benzene rings is 2. The van der Waals surface area contributed by atoms with Crippen LogP contribution in [0.1, 0.15) is 47.1 Å². The minimum atomic E-state index is -4.81. The fraction of sp³-hybridized carbons (Fsp3) is 0.300. The van der Waals surface area contributed by atoms with Gasteiger partial charge in [0.05, 0.1) is 11.1 Å². The molecule has 2 aromatic carbocycles. The smallest absolute Gasteiger partial charge is 0.166 e. The summed E-state index contributed by atoms with van der Waals surface area (Å²) in [6.45, 7) is 1.99. The van der Waals surface area contributed by atoms with Crippen molar-refractivity contribution in [1.82, 2.24) is 0 Å². The summed E-state index contributed by atoms with van der Waals surface area (Å²) in [4.78, 5) is 0. The first-order valence-electron chi connectivity index (χ1n) is 8.13. The quantitative estimate of drug-likeness (QED) is 0.518. The summed E-state index contributed by atoms with van der Waals surface area (Å²) >= 11 is 0. The minimum absolute atomic E-state index is 0.0382. The SMILES string of the molecule is CC1C(CCc2cc(C(F)(F)F)cc(C(F)(F)F)c2)=Cc2ccccc21. The van der Waals surface area contributed by atoms with Crippen molar-refractivity contribution in [1.29, 1.82) is 0 Å².